The first-order chi connectivity index (χ1) is 10.2. The molecule has 2 rings (SSSR count). The minimum Gasteiger partial charge on any atom is -0.486 e. The van der Waals surface area contributed by atoms with Gasteiger partial charge in [-0.15, -0.1) is 0 Å². The van der Waals surface area contributed by atoms with E-state index in [0.717, 1.165) is 29.7 Å². The quantitative estimate of drug-likeness (QED) is 0.811. The lowest BCUT2D eigenvalue weighted by molar-refractivity contribution is 0.0812. The number of rotatable bonds is 8. The summed E-state index contributed by atoms with van der Waals surface area (Å²) in [5.74, 6) is 1.48. The maximum Gasteiger partial charge on any atom is 0.134 e. The molecule has 1 atom stereocenters. The van der Waals surface area contributed by atoms with Crippen LogP contribution in [-0.2, 0) is 4.74 Å². The lowest BCUT2D eigenvalue weighted by atomic mass is 10.2. The van der Waals surface area contributed by atoms with E-state index in [4.69, 9.17) is 9.47 Å². The highest BCUT2D eigenvalue weighted by molar-refractivity contribution is 5.84. The van der Waals surface area contributed by atoms with Gasteiger partial charge in [-0.05, 0) is 36.7 Å². The van der Waals surface area contributed by atoms with Crippen LogP contribution in [0.1, 0.15) is 13.8 Å². The van der Waals surface area contributed by atoms with Crippen LogP contribution in [0.5, 0.6) is 5.75 Å². The highest BCUT2D eigenvalue weighted by atomic mass is 16.5. The molecule has 0 spiro atoms. The van der Waals surface area contributed by atoms with Crippen LogP contribution < -0.4 is 10.1 Å². The molecule has 2 aromatic rings. The molecule has 21 heavy (non-hydrogen) atoms. The molecule has 0 amide bonds. The highest BCUT2D eigenvalue weighted by Gasteiger charge is 2.12. The van der Waals surface area contributed by atoms with Crippen molar-refractivity contribution in [1.82, 2.24) is 10.3 Å². The first-order valence-corrected chi connectivity index (χ1v) is 7.40. The summed E-state index contributed by atoms with van der Waals surface area (Å²) in [7, 11) is 1.70. The van der Waals surface area contributed by atoms with Gasteiger partial charge in [-0.25, -0.2) is 0 Å². The van der Waals surface area contributed by atoms with Crippen molar-refractivity contribution in [2.75, 3.05) is 26.8 Å². The Labute approximate surface area is 126 Å². The summed E-state index contributed by atoms with van der Waals surface area (Å²) in [5.41, 5.74) is 0.946. The highest BCUT2D eigenvalue weighted by Crippen LogP contribution is 2.24. The van der Waals surface area contributed by atoms with E-state index < -0.39 is 0 Å². The molecule has 0 bridgehead atoms. The summed E-state index contributed by atoms with van der Waals surface area (Å²) >= 11 is 0. The SMILES string of the molecule is COCC(CNCC(C)C)Oc1cccc2ncccc12. The number of ether oxygens (including phenoxy) is 2. The molecular weight excluding hydrogens is 264 g/mol. The Bertz CT molecular complexity index is 552. The number of hydrogen-bond donors (Lipinski definition) is 1. The Balaban J connectivity index is 2.07. The normalized spacial score (nSPS) is 12.8. The number of nitrogens with zero attached hydrogens (tertiary/aromatic N) is 1. The van der Waals surface area contributed by atoms with E-state index in [0.29, 0.717) is 12.5 Å². The third kappa shape index (κ3) is 4.69. The van der Waals surface area contributed by atoms with E-state index in [9.17, 15) is 0 Å². The van der Waals surface area contributed by atoms with Gasteiger partial charge in [0.2, 0.25) is 0 Å². The number of benzene rings is 1. The zero-order valence-corrected chi connectivity index (χ0v) is 13.0. The standard InChI is InChI=1S/C17H24N2O2/c1-13(2)10-18-11-14(12-20-3)21-17-8-4-7-16-15(17)6-5-9-19-16/h4-9,13-14,18H,10-12H2,1-3H3. The first kappa shape index (κ1) is 15.7. The Morgan fingerprint density at radius 1 is 1.14 bits per heavy atom. The van der Waals surface area contributed by atoms with Crippen LogP contribution in [0.25, 0.3) is 10.9 Å². The summed E-state index contributed by atoms with van der Waals surface area (Å²) in [6.45, 7) is 6.68. The molecule has 0 aliphatic carbocycles. The maximum atomic E-state index is 6.12. The number of methoxy groups -OCH3 is 1. The fourth-order valence-corrected chi connectivity index (χ4v) is 2.21. The van der Waals surface area contributed by atoms with Gasteiger partial charge < -0.3 is 14.8 Å². The van der Waals surface area contributed by atoms with Crippen LogP contribution in [-0.4, -0.2) is 37.9 Å². The number of aromatic nitrogens is 1. The Morgan fingerprint density at radius 3 is 2.76 bits per heavy atom. The monoisotopic (exact) mass is 288 g/mol. The van der Waals surface area contributed by atoms with Crippen molar-refractivity contribution < 1.29 is 9.47 Å². The van der Waals surface area contributed by atoms with E-state index in [1.54, 1.807) is 13.3 Å². The van der Waals surface area contributed by atoms with Gasteiger partial charge >= 0.3 is 0 Å². The van der Waals surface area contributed by atoms with Gasteiger partial charge in [-0.2, -0.15) is 0 Å². The van der Waals surface area contributed by atoms with Crippen molar-refractivity contribution in [3.05, 3.63) is 36.5 Å². The summed E-state index contributed by atoms with van der Waals surface area (Å²) in [6.07, 6.45) is 1.78. The van der Waals surface area contributed by atoms with E-state index >= 15 is 0 Å². The second-order valence-corrected chi connectivity index (χ2v) is 5.57. The average Bonchev–Trinajstić information content (AvgIpc) is 2.47. The molecule has 0 radical (unpaired) electrons. The van der Waals surface area contributed by atoms with Crippen molar-refractivity contribution in [1.29, 1.82) is 0 Å². The van der Waals surface area contributed by atoms with Crippen molar-refractivity contribution in [2.45, 2.75) is 20.0 Å². The van der Waals surface area contributed by atoms with Crippen LogP contribution in [0.3, 0.4) is 0 Å². The summed E-state index contributed by atoms with van der Waals surface area (Å²) < 4.78 is 11.4. The first-order valence-electron chi connectivity index (χ1n) is 7.40. The van der Waals surface area contributed by atoms with Crippen molar-refractivity contribution in [3.63, 3.8) is 0 Å². The average molecular weight is 288 g/mol. The van der Waals surface area contributed by atoms with Crippen LogP contribution in [0.4, 0.5) is 0 Å². The third-order valence-electron chi connectivity index (χ3n) is 3.18. The van der Waals surface area contributed by atoms with Crippen LogP contribution in [0, 0.1) is 5.92 Å². The molecule has 4 heteroatoms. The molecule has 1 unspecified atom stereocenters. The van der Waals surface area contributed by atoms with Gasteiger partial charge in [0.1, 0.15) is 11.9 Å². The second kappa shape index (κ2) is 7.96. The van der Waals surface area contributed by atoms with Crippen LogP contribution in [0.2, 0.25) is 0 Å². The maximum absolute atomic E-state index is 6.12. The molecule has 1 heterocycles. The van der Waals surface area contributed by atoms with Crippen molar-refractivity contribution in [2.24, 2.45) is 5.92 Å². The predicted molar refractivity (Wildman–Crippen MR) is 85.7 cm³/mol. The lowest BCUT2D eigenvalue weighted by Crippen LogP contribution is -2.36. The second-order valence-electron chi connectivity index (χ2n) is 5.57. The fraction of sp³-hybridized carbons (Fsp3) is 0.471. The predicted octanol–water partition coefficient (Wildman–Crippen LogP) is 2.87. The van der Waals surface area contributed by atoms with Crippen molar-refractivity contribution in [3.8, 4) is 5.75 Å². The molecule has 0 fully saturated rings. The van der Waals surface area contributed by atoms with Gasteiger partial charge in [0.15, 0.2) is 0 Å². The van der Waals surface area contributed by atoms with Gasteiger partial charge in [0, 0.05) is 25.2 Å². The molecule has 0 saturated carbocycles. The van der Waals surface area contributed by atoms with Gasteiger partial charge in [0.05, 0.1) is 12.1 Å². The molecule has 1 N–H and O–H groups in total. The minimum absolute atomic E-state index is 0.0143. The smallest absolute Gasteiger partial charge is 0.134 e. The number of hydrogen-bond acceptors (Lipinski definition) is 4. The lowest BCUT2D eigenvalue weighted by Gasteiger charge is -2.20. The van der Waals surface area contributed by atoms with Crippen LogP contribution in [0.15, 0.2) is 36.5 Å². The van der Waals surface area contributed by atoms with E-state index in [2.05, 4.69) is 24.1 Å². The Morgan fingerprint density at radius 2 is 2.00 bits per heavy atom. The zero-order valence-electron chi connectivity index (χ0n) is 13.0. The number of fused-ring (bicyclic) bond motifs is 1. The molecule has 4 nitrogen and oxygen atoms in total. The fourth-order valence-electron chi connectivity index (χ4n) is 2.21. The molecule has 0 saturated heterocycles. The minimum atomic E-state index is -0.0143. The van der Waals surface area contributed by atoms with Gasteiger partial charge in [-0.3, -0.25) is 4.98 Å². The Kier molecular flexibility index (Phi) is 5.96. The van der Waals surface area contributed by atoms with E-state index in [-0.39, 0.29) is 6.10 Å². The van der Waals surface area contributed by atoms with Crippen LogP contribution >= 0.6 is 0 Å². The molecule has 1 aromatic heterocycles. The van der Waals surface area contributed by atoms with Gasteiger partial charge in [-0.1, -0.05) is 19.9 Å². The Hall–Kier alpha value is -1.65. The summed E-state index contributed by atoms with van der Waals surface area (Å²) in [4.78, 5) is 4.35. The van der Waals surface area contributed by atoms with Gasteiger partial charge in [0.25, 0.3) is 0 Å². The molecule has 1 aromatic carbocycles. The molecule has 0 aliphatic rings. The van der Waals surface area contributed by atoms with E-state index in [1.807, 2.05) is 30.3 Å². The third-order valence-corrected chi connectivity index (χ3v) is 3.18. The topological polar surface area (TPSA) is 43.4 Å². The largest absolute Gasteiger partial charge is 0.486 e. The number of nitrogens with one attached hydrogen (secondary N) is 1. The molecule has 0 aliphatic heterocycles. The summed E-state index contributed by atoms with van der Waals surface area (Å²) in [5, 5.41) is 4.45. The zero-order chi connectivity index (χ0) is 15.1. The van der Waals surface area contributed by atoms with E-state index in [1.165, 1.54) is 0 Å². The molecular formula is C17H24N2O2. The number of pyridine rings is 1. The summed E-state index contributed by atoms with van der Waals surface area (Å²) in [6, 6.07) is 9.90. The van der Waals surface area contributed by atoms with Crippen molar-refractivity contribution >= 4 is 10.9 Å². The molecule has 114 valence electrons.